The molecule has 0 amide bonds. The lowest BCUT2D eigenvalue weighted by atomic mass is 10.0. The van der Waals surface area contributed by atoms with Gasteiger partial charge in [0, 0.05) is 31.3 Å². The van der Waals surface area contributed by atoms with E-state index < -0.39 is 11.2 Å². The number of hydrogen-bond donors (Lipinski definition) is 0. The van der Waals surface area contributed by atoms with Crippen LogP contribution in [0.4, 0.5) is 0 Å². The zero-order chi connectivity index (χ0) is 15.1. The number of fused-ring (bicyclic) bond motifs is 3. The van der Waals surface area contributed by atoms with Gasteiger partial charge >= 0.3 is 0 Å². The largest absolute Gasteiger partial charge is 0.612 e. The van der Waals surface area contributed by atoms with Crippen LogP contribution in [0.1, 0.15) is 0 Å². The highest BCUT2D eigenvalue weighted by atomic mass is 32.2. The van der Waals surface area contributed by atoms with Crippen molar-refractivity contribution in [2.24, 2.45) is 0 Å². The molecule has 3 heteroatoms. The number of hydrogen-bond acceptors (Lipinski definition) is 2. The predicted octanol–water partition coefficient (Wildman–Crippen LogP) is 5.46. The van der Waals surface area contributed by atoms with E-state index in [0.29, 0.717) is 0 Å². The van der Waals surface area contributed by atoms with E-state index in [1.54, 1.807) is 17.6 Å². The highest BCUT2D eigenvalue weighted by Gasteiger charge is 2.16. The summed E-state index contributed by atoms with van der Waals surface area (Å²) >= 11 is 0.808. The highest BCUT2D eigenvalue weighted by Crippen LogP contribution is 2.41. The molecule has 0 aliphatic carbocycles. The van der Waals surface area contributed by atoms with E-state index in [1.165, 1.54) is 25.7 Å². The number of rotatable bonds is 2. The third-order valence-electron chi connectivity index (χ3n) is 3.89. The molecule has 0 N–H and O–H groups in total. The maximum Gasteiger partial charge on any atom is 0.160 e. The van der Waals surface area contributed by atoms with E-state index in [4.69, 9.17) is 0 Å². The maximum atomic E-state index is 12.1. The van der Waals surface area contributed by atoms with Crippen LogP contribution in [-0.4, -0.2) is 10.8 Å². The van der Waals surface area contributed by atoms with Crippen LogP contribution in [-0.2, 0) is 11.2 Å². The lowest BCUT2D eigenvalue weighted by molar-refractivity contribution is 0.601. The first-order valence-electron chi connectivity index (χ1n) is 7.09. The Hall–Kier alpha value is -1.81. The fraction of sp³-hybridized carbons (Fsp3) is 0.0526. The first-order chi connectivity index (χ1) is 10.8. The van der Waals surface area contributed by atoms with E-state index >= 15 is 0 Å². The van der Waals surface area contributed by atoms with Crippen LogP contribution in [0.15, 0.2) is 71.6 Å². The molecule has 1 aromatic heterocycles. The van der Waals surface area contributed by atoms with Crippen LogP contribution in [0.5, 0.6) is 0 Å². The summed E-state index contributed by atoms with van der Waals surface area (Å²) in [6.07, 6.45) is 1.74. The zero-order valence-corrected chi connectivity index (χ0v) is 13.7. The second kappa shape index (κ2) is 5.43. The third-order valence-corrected chi connectivity index (χ3v) is 6.09. The molecule has 1 heterocycles. The van der Waals surface area contributed by atoms with Gasteiger partial charge in [0.2, 0.25) is 0 Å². The second-order valence-corrected chi connectivity index (χ2v) is 7.63. The van der Waals surface area contributed by atoms with Crippen LogP contribution in [0, 0.1) is 0 Å². The molecule has 0 aliphatic heterocycles. The van der Waals surface area contributed by atoms with Gasteiger partial charge in [0.05, 0.1) is 0 Å². The molecule has 3 aromatic carbocycles. The average Bonchev–Trinajstić information content (AvgIpc) is 2.93. The van der Waals surface area contributed by atoms with Gasteiger partial charge in [-0.05, 0) is 29.4 Å². The molecule has 1 atom stereocenters. The first kappa shape index (κ1) is 13.8. The van der Waals surface area contributed by atoms with Crippen molar-refractivity contribution in [2.45, 2.75) is 4.90 Å². The van der Waals surface area contributed by atoms with Gasteiger partial charge < -0.3 is 4.55 Å². The van der Waals surface area contributed by atoms with E-state index in [2.05, 4.69) is 48.5 Å². The molecule has 0 spiro atoms. The molecule has 4 rings (SSSR count). The van der Waals surface area contributed by atoms with Gasteiger partial charge in [-0.3, -0.25) is 0 Å². The molecule has 0 aliphatic rings. The van der Waals surface area contributed by atoms with Crippen molar-refractivity contribution >= 4 is 42.7 Å². The molecular formula is C19H14OS2. The highest BCUT2D eigenvalue weighted by molar-refractivity contribution is 7.90. The summed E-state index contributed by atoms with van der Waals surface area (Å²) in [5.41, 5.74) is 2.24. The molecule has 0 saturated carbocycles. The Labute approximate surface area is 136 Å². The van der Waals surface area contributed by atoms with E-state index in [9.17, 15) is 4.55 Å². The monoisotopic (exact) mass is 322 g/mol. The molecule has 4 aromatic rings. The van der Waals surface area contributed by atoms with Gasteiger partial charge in [-0.2, -0.15) is 0 Å². The Morgan fingerprint density at radius 2 is 1.45 bits per heavy atom. The molecule has 0 saturated heterocycles. The summed E-state index contributed by atoms with van der Waals surface area (Å²) in [7, 11) is 0. The third kappa shape index (κ3) is 2.13. The SMILES string of the molecule is C[S+]([O-])c1ccccc1-c1cccc2c1sc1ccccc12. The summed E-state index contributed by atoms with van der Waals surface area (Å²) in [6.45, 7) is 0. The fourth-order valence-electron chi connectivity index (χ4n) is 2.90. The second-order valence-electron chi connectivity index (χ2n) is 5.23. The van der Waals surface area contributed by atoms with E-state index in [1.807, 2.05) is 18.2 Å². The molecule has 1 nitrogen and oxygen atoms in total. The zero-order valence-electron chi connectivity index (χ0n) is 12.1. The number of thiophene rings is 1. The summed E-state index contributed by atoms with van der Waals surface area (Å²) in [5, 5.41) is 2.56. The minimum Gasteiger partial charge on any atom is -0.612 e. The van der Waals surface area contributed by atoms with Crippen LogP contribution in [0.3, 0.4) is 0 Å². The van der Waals surface area contributed by atoms with E-state index in [0.717, 1.165) is 10.5 Å². The van der Waals surface area contributed by atoms with Crippen molar-refractivity contribution in [3.63, 3.8) is 0 Å². The van der Waals surface area contributed by atoms with Gasteiger partial charge in [0.1, 0.15) is 6.26 Å². The minimum atomic E-state index is -0.997. The van der Waals surface area contributed by atoms with Gasteiger partial charge in [-0.15, -0.1) is 11.3 Å². The molecule has 1 unspecified atom stereocenters. The lowest BCUT2D eigenvalue weighted by Gasteiger charge is -2.11. The van der Waals surface area contributed by atoms with Crippen molar-refractivity contribution < 1.29 is 4.55 Å². The smallest absolute Gasteiger partial charge is 0.160 e. The van der Waals surface area contributed by atoms with Crippen molar-refractivity contribution in [3.05, 3.63) is 66.7 Å². The van der Waals surface area contributed by atoms with Crippen molar-refractivity contribution in [1.82, 2.24) is 0 Å². The van der Waals surface area contributed by atoms with Gasteiger partial charge in [-0.1, -0.05) is 48.5 Å². The molecule has 0 bridgehead atoms. The van der Waals surface area contributed by atoms with Gasteiger partial charge in [-0.25, -0.2) is 0 Å². The molecule has 0 radical (unpaired) electrons. The molecule has 108 valence electrons. The predicted molar refractivity (Wildman–Crippen MR) is 97.1 cm³/mol. The summed E-state index contributed by atoms with van der Waals surface area (Å²) in [6, 6.07) is 22.9. The van der Waals surface area contributed by atoms with Crippen LogP contribution in [0.25, 0.3) is 31.3 Å². The van der Waals surface area contributed by atoms with E-state index in [-0.39, 0.29) is 0 Å². The summed E-state index contributed by atoms with van der Waals surface area (Å²) in [5.74, 6) is 0. The Balaban J connectivity index is 2.08. The number of benzene rings is 3. The quantitative estimate of drug-likeness (QED) is 0.449. The van der Waals surface area contributed by atoms with Crippen molar-refractivity contribution in [1.29, 1.82) is 0 Å². The molecular weight excluding hydrogens is 308 g/mol. The fourth-order valence-corrected chi connectivity index (χ4v) is 4.89. The topological polar surface area (TPSA) is 23.1 Å². The van der Waals surface area contributed by atoms with Crippen LogP contribution >= 0.6 is 11.3 Å². The standard InChI is InChI=1S/C19H14OS2/c1-22(20)18-12-5-3-8-14(18)16-10-6-9-15-13-7-2-4-11-17(13)21-19(15)16/h2-12H,1H3. The summed E-state index contributed by atoms with van der Waals surface area (Å²) in [4.78, 5) is 0.896. The van der Waals surface area contributed by atoms with Crippen molar-refractivity contribution in [2.75, 3.05) is 6.26 Å². The van der Waals surface area contributed by atoms with Gasteiger partial charge in [0.25, 0.3) is 0 Å². The lowest BCUT2D eigenvalue weighted by Crippen LogP contribution is -1.99. The van der Waals surface area contributed by atoms with Crippen LogP contribution in [0.2, 0.25) is 0 Å². The molecule has 22 heavy (non-hydrogen) atoms. The Morgan fingerprint density at radius 3 is 2.32 bits per heavy atom. The average molecular weight is 322 g/mol. The Morgan fingerprint density at radius 1 is 0.773 bits per heavy atom. The normalized spacial score (nSPS) is 12.8. The first-order valence-corrected chi connectivity index (χ1v) is 9.46. The Bertz CT molecular complexity index is 969. The summed E-state index contributed by atoms with van der Waals surface area (Å²) < 4.78 is 14.6. The van der Waals surface area contributed by atoms with Gasteiger partial charge in [0.15, 0.2) is 4.90 Å². The maximum absolute atomic E-state index is 12.1. The minimum absolute atomic E-state index is 0.896. The van der Waals surface area contributed by atoms with Crippen molar-refractivity contribution in [3.8, 4) is 11.1 Å². The Kier molecular flexibility index (Phi) is 3.41. The molecule has 0 fully saturated rings. The van der Waals surface area contributed by atoms with Crippen LogP contribution < -0.4 is 0 Å².